The van der Waals surface area contributed by atoms with Crippen LogP contribution in [0.2, 0.25) is 0 Å². The minimum absolute atomic E-state index is 0.0657. The van der Waals surface area contributed by atoms with Crippen LogP contribution in [0.4, 0.5) is 4.79 Å². The third-order valence-corrected chi connectivity index (χ3v) is 4.92. The van der Waals surface area contributed by atoms with E-state index >= 15 is 0 Å². The van der Waals surface area contributed by atoms with E-state index < -0.39 is 11.9 Å². The van der Waals surface area contributed by atoms with Gasteiger partial charge in [-0.15, -0.1) is 0 Å². The number of amides is 3. The molecule has 0 saturated heterocycles. The van der Waals surface area contributed by atoms with Gasteiger partial charge >= 0.3 is 6.03 Å². The lowest BCUT2D eigenvalue weighted by molar-refractivity contribution is -0.119. The van der Waals surface area contributed by atoms with Crippen LogP contribution < -0.4 is 16.4 Å². The number of phenolic OH excluding ortho intramolecular Hbond substituents is 1. The number of aromatic hydroxyl groups is 1. The SMILES string of the molecule is CC1(C)CC(NC(=O)N[C@@H](Cc2ccc(O)cc2)C(N)=O)CC(C)(C)C1. The molecule has 1 aliphatic rings. The summed E-state index contributed by atoms with van der Waals surface area (Å²) < 4.78 is 0. The first-order chi connectivity index (χ1) is 12.0. The first-order valence-corrected chi connectivity index (χ1v) is 9.10. The molecule has 1 aliphatic carbocycles. The van der Waals surface area contributed by atoms with Crippen LogP contribution in [0, 0.1) is 10.8 Å². The number of nitrogens with two attached hydrogens (primary N) is 1. The summed E-state index contributed by atoms with van der Waals surface area (Å²) in [6.45, 7) is 8.88. The second-order valence-electron chi connectivity index (χ2n) is 9.05. The van der Waals surface area contributed by atoms with Crippen LogP contribution in [-0.4, -0.2) is 29.1 Å². The van der Waals surface area contributed by atoms with Crippen molar-refractivity contribution in [3.63, 3.8) is 0 Å². The Balaban J connectivity index is 1.97. The smallest absolute Gasteiger partial charge is 0.315 e. The quantitative estimate of drug-likeness (QED) is 0.648. The van der Waals surface area contributed by atoms with Gasteiger partial charge in [-0.25, -0.2) is 4.79 Å². The molecular weight excluding hydrogens is 330 g/mol. The summed E-state index contributed by atoms with van der Waals surface area (Å²) in [6.07, 6.45) is 3.21. The minimum Gasteiger partial charge on any atom is -0.508 e. The first-order valence-electron chi connectivity index (χ1n) is 9.10. The molecule has 0 aromatic heterocycles. The second-order valence-corrected chi connectivity index (χ2v) is 9.05. The third kappa shape index (κ3) is 5.93. The number of rotatable bonds is 5. The van der Waals surface area contributed by atoms with Gasteiger partial charge in [0.05, 0.1) is 0 Å². The summed E-state index contributed by atoms with van der Waals surface area (Å²) in [5, 5.41) is 15.0. The van der Waals surface area contributed by atoms with Crippen molar-refractivity contribution in [1.29, 1.82) is 0 Å². The van der Waals surface area contributed by atoms with Crippen LogP contribution in [0.3, 0.4) is 0 Å². The average molecular weight is 361 g/mol. The predicted molar refractivity (Wildman–Crippen MR) is 102 cm³/mol. The van der Waals surface area contributed by atoms with E-state index in [1.807, 2.05) is 0 Å². The number of hydrogen-bond acceptors (Lipinski definition) is 3. The summed E-state index contributed by atoms with van der Waals surface area (Å²) in [5.41, 5.74) is 6.59. The van der Waals surface area contributed by atoms with Crippen molar-refractivity contribution in [2.75, 3.05) is 0 Å². The van der Waals surface area contributed by atoms with Gasteiger partial charge in [0.1, 0.15) is 11.8 Å². The van der Waals surface area contributed by atoms with Crippen molar-refractivity contribution < 1.29 is 14.7 Å². The molecule has 1 atom stereocenters. The molecule has 0 aliphatic heterocycles. The van der Waals surface area contributed by atoms with Crippen molar-refractivity contribution in [2.45, 2.75) is 65.5 Å². The Morgan fingerprint density at radius 2 is 1.69 bits per heavy atom. The average Bonchev–Trinajstić information content (AvgIpc) is 2.45. The van der Waals surface area contributed by atoms with Crippen LogP contribution in [0.25, 0.3) is 0 Å². The number of primary amides is 1. The Labute approximate surface area is 155 Å². The van der Waals surface area contributed by atoms with Crippen LogP contribution in [0.1, 0.15) is 52.5 Å². The van der Waals surface area contributed by atoms with Crippen LogP contribution in [0.5, 0.6) is 5.75 Å². The lowest BCUT2D eigenvalue weighted by Crippen LogP contribution is -2.54. The molecule has 0 bridgehead atoms. The lowest BCUT2D eigenvalue weighted by atomic mass is 9.63. The molecule has 144 valence electrons. The Kier molecular flexibility index (Phi) is 5.84. The summed E-state index contributed by atoms with van der Waals surface area (Å²) >= 11 is 0. The Morgan fingerprint density at radius 1 is 1.15 bits per heavy atom. The molecule has 1 fully saturated rings. The van der Waals surface area contributed by atoms with E-state index in [2.05, 4.69) is 38.3 Å². The van der Waals surface area contributed by atoms with Gasteiger partial charge in [0.25, 0.3) is 0 Å². The molecule has 0 radical (unpaired) electrons. The molecule has 5 N–H and O–H groups in total. The van der Waals surface area contributed by atoms with Crippen LogP contribution in [-0.2, 0) is 11.2 Å². The number of phenols is 1. The molecule has 6 nitrogen and oxygen atoms in total. The molecule has 26 heavy (non-hydrogen) atoms. The van der Waals surface area contributed by atoms with E-state index in [9.17, 15) is 14.7 Å². The molecule has 0 spiro atoms. The van der Waals surface area contributed by atoms with E-state index in [0.29, 0.717) is 0 Å². The van der Waals surface area contributed by atoms with Crippen molar-refractivity contribution in [3.05, 3.63) is 29.8 Å². The number of urea groups is 1. The molecule has 1 saturated carbocycles. The molecule has 0 heterocycles. The van der Waals surface area contributed by atoms with Gasteiger partial charge in [0.2, 0.25) is 5.91 Å². The molecular formula is C20H31N3O3. The molecule has 1 aromatic rings. The molecule has 6 heteroatoms. The van der Waals surface area contributed by atoms with Crippen LogP contribution >= 0.6 is 0 Å². The second kappa shape index (κ2) is 7.56. The van der Waals surface area contributed by atoms with E-state index in [4.69, 9.17) is 5.73 Å². The summed E-state index contributed by atoms with van der Waals surface area (Å²) in [7, 11) is 0. The number of carbonyl (C=O) groups excluding carboxylic acids is 2. The van der Waals surface area contributed by atoms with E-state index in [1.54, 1.807) is 24.3 Å². The van der Waals surface area contributed by atoms with Crippen LogP contribution in [0.15, 0.2) is 24.3 Å². The first kappa shape index (κ1) is 20.1. The third-order valence-electron chi connectivity index (χ3n) is 4.92. The number of carbonyl (C=O) groups is 2. The van der Waals surface area contributed by atoms with Crippen molar-refractivity contribution >= 4 is 11.9 Å². The highest BCUT2D eigenvalue weighted by Gasteiger charge is 2.39. The predicted octanol–water partition coefficient (Wildman–Crippen LogP) is 2.69. The zero-order valence-electron chi connectivity index (χ0n) is 16.1. The van der Waals surface area contributed by atoms with Gasteiger partial charge in [-0.1, -0.05) is 39.8 Å². The van der Waals surface area contributed by atoms with Gasteiger partial charge < -0.3 is 21.5 Å². The van der Waals surface area contributed by atoms with E-state index in [0.717, 1.165) is 24.8 Å². The maximum absolute atomic E-state index is 12.4. The van der Waals surface area contributed by atoms with Gasteiger partial charge in [-0.3, -0.25) is 4.79 Å². The normalized spacial score (nSPS) is 20.2. The lowest BCUT2D eigenvalue weighted by Gasteiger charge is -2.45. The standard InChI is InChI=1S/C20H31N3O3/c1-19(2)10-14(11-20(3,4)12-19)22-18(26)23-16(17(21)25)9-13-5-7-15(24)8-6-13/h5-8,14,16,24H,9-12H2,1-4H3,(H2,21,25)(H2,22,23,26)/t16-/m0/s1. The number of benzene rings is 1. The van der Waals surface area contributed by atoms with E-state index in [-0.39, 0.29) is 35.1 Å². The van der Waals surface area contributed by atoms with Gasteiger partial charge in [-0.2, -0.15) is 0 Å². The zero-order chi connectivity index (χ0) is 19.5. The highest BCUT2D eigenvalue weighted by Crippen LogP contribution is 2.45. The fourth-order valence-corrected chi connectivity index (χ4v) is 4.42. The molecule has 3 amide bonds. The Bertz CT molecular complexity index is 637. The van der Waals surface area contributed by atoms with Crippen molar-refractivity contribution in [2.24, 2.45) is 16.6 Å². The molecule has 1 aromatic carbocycles. The molecule has 2 rings (SSSR count). The topological polar surface area (TPSA) is 104 Å². The monoisotopic (exact) mass is 361 g/mol. The van der Waals surface area contributed by atoms with Gasteiger partial charge in [-0.05, 0) is 47.8 Å². The summed E-state index contributed by atoms with van der Waals surface area (Å²) in [6, 6.07) is 5.39. The Hall–Kier alpha value is -2.24. The van der Waals surface area contributed by atoms with Crippen molar-refractivity contribution in [1.82, 2.24) is 10.6 Å². The van der Waals surface area contributed by atoms with Crippen molar-refractivity contribution in [3.8, 4) is 5.75 Å². The fraction of sp³-hybridized carbons (Fsp3) is 0.600. The van der Waals surface area contributed by atoms with Gasteiger partial charge in [0, 0.05) is 12.5 Å². The largest absolute Gasteiger partial charge is 0.508 e. The zero-order valence-corrected chi connectivity index (χ0v) is 16.1. The maximum atomic E-state index is 12.4. The Morgan fingerprint density at radius 3 is 2.19 bits per heavy atom. The highest BCUT2D eigenvalue weighted by molar-refractivity contribution is 5.86. The number of hydrogen-bond donors (Lipinski definition) is 4. The minimum atomic E-state index is -0.802. The molecule has 0 unspecified atom stereocenters. The van der Waals surface area contributed by atoms with Gasteiger partial charge in [0.15, 0.2) is 0 Å². The highest BCUT2D eigenvalue weighted by atomic mass is 16.3. The number of nitrogens with one attached hydrogen (secondary N) is 2. The summed E-state index contributed by atoms with van der Waals surface area (Å²) in [4.78, 5) is 24.2. The van der Waals surface area contributed by atoms with E-state index in [1.165, 1.54) is 0 Å². The summed E-state index contributed by atoms with van der Waals surface area (Å²) in [5.74, 6) is -0.435. The maximum Gasteiger partial charge on any atom is 0.315 e. The fourth-order valence-electron chi connectivity index (χ4n) is 4.42.